The zero-order chi connectivity index (χ0) is 22.7. The van der Waals surface area contributed by atoms with E-state index < -0.39 is 17.7 Å². The molecule has 1 saturated heterocycles. The highest BCUT2D eigenvalue weighted by Gasteiger charge is 2.23. The van der Waals surface area contributed by atoms with Gasteiger partial charge in [0.1, 0.15) is 29.1 Å². The van der Waals surface area contributed by atoms with Gasteiger partial charge in [-0.25, -0.2) is 23.5 Å². The Morgan fingerprint density at radius 3 is 2.19 bits per heavy atom. The molecule has 3 aromatic rings. The first kappa shape index (κ1) is 21.5. The highest BCUT2D eigenvalue weighted by molar-refractivity contribution is 5.89. The van der Waals surface area contributed by atoms with Crippen molar-refractivity contribution in [1.82, 2.24) is 14.9 Å². The van der Waals surface area contributed by atoms with E-state index in [4.69, 9.17) is 0 Å². The minimum Gasteiger partial charge on any atom is -0.353 e. The normalized spacial score (nSPS) is 13.8. The lowest BCUT2D eigenvalue weighted by Gasteiger charge is -2.35. The van der Waals surface area contributed by atoms with E-state index in [0.717, 1.165) is 29.7 Å². The van der Waals surface area contributed by atoms with E-state index in [1.807, 2.05) is 44.2 Å². The number of anilines is 4. The first-order valence-corrected chi connectivity index (χ1v) is 10.3. The Kier molecular flexibility index (Phi) is 6.16. The van der Waals surface area contributed by atoms with E-state index in [1.54, 1.807) is 4.90 Å². The van der Waals surface area contributed by atoms with Crippen molar-refractivity contribution < 1.29 is 13.6 Å². The van der Waals surface area contributed by atoms with Crippen LogP contribution in [0.4, 0.5) is 36.6 Å². The fourth-order valence-corrected chi connectivity index (χ4v) is 3.53. The first-order valence-electron chi connectivity index (χ1n) is 10.3. The third-order valence-corrected chi connectivity index (χ3v) is 5.15. The van der Waals surface area contributed by atoms with E-state index in [9.17, 15) is 13.6 Å². The molecule has 2 amide bonds. The van der Waals surface area contributed by atoms with Gasteiger partial charge in [0.25, 0.3) is 0 Å². The average Bonchev–Trinajstić information content (AvgIpc) is 2.74. The Balaban J connectivity index is 1.38. The molecule has 0 aliphatic carbocycles. The number of amides is 2. The molecule has 0 bridgehead atoms. The zero-order valence-corrected chi connectivity index (χ0v) is 17.9. The molecule has 32 heavy (non-hydrogen) atoms. The van der Waals surface area contributed by atoms with Crippen molar-refractivity contribution in [1.29, 1.82) is 0 Å². The summed E-state index contributed by atoms with van der Waals surface area (Å²) in [7, 11) is 0. The summed E-state index contributed by atoms with van der Waals surface area (Å²) in [6.45, 7) is 5.93. The second kappa shape index (κ2) is 9.17. The number of nitrogens with zero attached hydrogens (tertiary/aromatic N) is 4. The molecule has 0 unspecified atom stereocenters. The number of carbonyl (C=O) groups excluding carboxylic acids is 1. The Labute approximate surface area is 185 Å². The second-order valence-electron chi connectivity index (χ2n) is 7.71. The molecular formula is C23H24F2N6O. The molecule has 4 rings (SSSR count). The van der Waals surface area contributed by atoms with Gasteiger partial charge in [-0.15, -0.1) is 0 Å². The SMILES string of the molecule is Cc1ccc(Nc2cc(N3CCN(C(=O)Nc4cc(F)cc(F)c4)CC3)nc(C)n2)cc1. The standard InChI is InChI=1S/C23H24F2N6O/c1-15-3-5-19(6-4-15)28-21-14-22(27-16(2)26-21)30-7-9-31(10-8-30)23(32)29-20-12-17(24)11-18(25)13-20/h3-6,11-14H,7-10H2,1-2H3,(H,29,32)(H,26,27,28). The van der Waals surface area contributed by atoms with Gasteiger partial charge in [-0.05, 0) is 38.1 Å². The molecule has 2 heterocycles. The van der Waals surface area contributed by atoms with Crippen LogP contribution >= 0.6 is 0 Å². The van der Waals surface area contributed by atoms with Crippen LogP contribution in [0.3, 0.4) is 0 Å². The van der Waals surface area contributed by atoms with Crippen molar-refractivity contribution in [3.8, 4) is 0 Å². The maximum absolute atomic E-state index is 13.4. The number of hydrogen-bond acceptors (Lipinski definition) is 5. The molecule has 2 aromatic carbocycles. The summed E-state index contributed by atoms with van der Waals surface area (Å²) < 4.78 is 26.7. The molecule has 1 aromatic heterocycles. The van der Waals surface area contributed by atoms with Crippen molar-refractivity contribution in [2.75, 3.05) is 41.7 Å². The third kappa shape index (κ3) is 5.29. The average molecular weight is 438 g/mol. The van der Waals surface area contributed by atoms with E-state index in [2.05, 4.69) is 25.5 Å². The van der Waals surface area contributed by atoms with Crippen LogP contribution in [-0.4, -0.2) is 47.1 Å². The van der Waals surface area contributed by atoms with E-state index >= 15 is 0 Å². The van der Waals surface area contributed by atoms with Gasteiger partial charge >= 0.3 is 6.03 Å². The number of carbonyl (C=O) groups is 1. The molecule has 9 heteroatoms. The van der Waals surface area contributed by atoms with Gasteiger partial charge < -0.3 is 20.4 Å². The number of urea groups is 1. The summed E-state index contributed by atoms with van der Waals surface area (Å²) in [6, 6.07) is 12.5. The van der Waals surface area contributed by atoms with Gasteiger partial charge in [0.15, 0.2) is 0 Å². The van der Waals surface area contributed by atoms with Gasteiger partial charge in [-0.1, -0.05) is 17.7 Å². The Hall–Kier alpha value is -3.75. The van der Waals surface area contributed by atoms with Crippen molar-refractivity contribution in [3.05, 3.63) is 71.6 Å². The summed E-state index contributed by atoms with van der Waals surface area (Å²) in [5.41, 5.74) is 2.21. The van der Waals surface area contributed by atoms with Crippen LogP contribution in [-0.2, 0) is 0 Å². The molecule has 0 atom stereocenters. The highest BCUT2D eigenvalue weighted by Crippen LogP contribution is 2.22. The number of benzene rings is 2. The van der Waals surface area contributed by atoms with Crippen molar-refractivity contribution in [3.63, 3.8) is 0 Å². The highest BCUT2D eigenvalue weighted by atomic mass is 19.1. The third-order valence-electron chi connectivity index (χ3n) is 5.15. The van der Waals surface area contributed by atoms with Crippen molar-refractivity contribution >= 4 is 29.0 Å². The lowest BCUT2D eigenvalue weighted by Crippen LogP contribution is -2.50. The van der Waals surface area contributed by atoms with Crippen molar-refractivity contribution in [2.24, 2.45) is 0 Å². The van der Waals surface area contributed by atoms with E-state index in [-0.39, 0.29) is 5.69 Å². The second-order valence-corrected chi connectivity index (χ2v) is 7.71. The van der Waals surface area contributed by atoms with Crippen LogP contribution in [0.5, 0.6) is 0 Å². The predicted octanol–water partition coefficient (Wildman–Crippen LogP) is 4.47. The quantitative estimate of drug-likeness (QED) is 0.629. The van der Waals surface area contributed by atoms with Crippen LogP contribution < -0.4 is 15.5 Å². The number of hydrogen-bond donors (Lipinski definition) is 2. The Morgan fingerprint density at radius 2 is 1.53 bits per heavy atom. The first-order chi connectivity index (χ1) is 15.4. The topological polar surface area (TPSA) is 73.4 Å². The number of aryl methyl sites for hydroxylation is 2. The maximum atomic E-state index is 13.4. The lowest BCUT2D eigenvalue weighted by atomic mass is 10.2. The number of nitrogens with one attached hydrogen (secondary N) is 2. The van der Waals surface area contributed by atoms with Crippen LogP contribution in [0, 0.1) is 25.5 Å². The minimum atomic E-state index is -0.737. The van der Waals surface area contributed by atoms with E-state index in [0.29, 0.717) is 37.8 Å². The molecule has 1 aliphatic rings. The maximum Gasteiger partial charge on any atom is 0.321 e. The largest absolute Gasteiger partial charge is 0.353 e. The minimum absolute atomic E-state index is 0.0909. The summed E-state index contributed by atoms with van der Waals surface area (Å²) in [4.78, 5) is 25.2. The van der Waals surface area contributed by atoms with Gasteiger partial charge in [-0.2, -0.15) is 0 Å². The molecule has 0 radical (unpaired) electrons. The van der Waals surface area contributed by atoms with Crippen LogP contribution in [0.2, 0.25) is 0 Å². The summed E-state index contributed by atoms with van der Waals surface area (Å²) in [5.74, 6) is 0.646. The molecule has 166 valence electrons. The summed E-state index contributed by atoms with van der Waals surface area (Å²) in [5, 5.41) is 5.85. The Bertz CT molecular complexity index is 1090. The number of aromatic nitrogens is 2. The fourth-order valence-electron chi connectivity index (χ4n) is 3.53. The van der Waals surface area contributed by atoms with E-state index in [1.165, 1.54) is 5.56 Å². The molecule has 0 spiro atoms. The monoisotopic (exact) mass is 438 g/mol. The van der Waals surface area contributed by atoms with Gasteiger partial charge in [-0.3, -0.25) is 0 Å². The van der Waals surface area contributed by atoms with Crippen molar-refractivity contribution in [2.45, 2.75) is 13.8 Å². The van der Waals surface area contributed by atoms with Crippen LogP contribution in [0.25, 0.3) is 0 Å². The fraction of sp³-hybridized carbons (Fsp3) is 0.261. The molecule has 1 aliphatic heterocycles. The molecule has 7 nitrogen and oxygen atoms in total. The van der Waals surface area contributed by atoms with Crippen LogP contribution in [0.1, 0.15) is 11.4 Å². The van der Waals surface area contributed by atoms with Gasteiger partial charge in [0.05, 0.1) is 0 Å². The predicted molar refractivity (Wildman–Crippen MR) is 120 cm³/mol. The molecule has 1 fully saturated rings. The molecule has 0 saturated carbocycles. The van der Waals surface area contributed by atoms with Gasteiger partial charge in [0.2, 0.25) is 0 Å². The molecule has 2 N–H and O–H groups in total. The summed E-state index contributed by atoms with van der Waals surface area (Å²) in [6.07, 6.45) is 0. The van der Waals surface area contributed by atoms with Gasteiger partial charge in [0, 0.05) is 49.7 Å². The zero-order valence-electron chi connectivity index (χ0n) is 17.9. The number of rotatable bonds is 4. The lowest BCUT2D eigenvalue weighted by molar-refractivity contribution is 0.208. The molecular weight excluding hydrogens is 414 g/mol. The Morgan fingerprint density at radius 1 is 0.875 bits per heavy atom. The number of halogens is 2. The van der Waals surface area contributed by atoms with Crippen LogP contribution in [0.15, 0.2) is 48.5 Å². The summed E-state index contributed by atoms with van der Waals surface area (Å²) >= 11 is 0. The number of piperazine rings is 1. The smallest absolute Gasteiger partial charge is 0.321 e.